The van der Waals surface area contributed by atoms with Gasteiger partial charge in [-0.1, -0.05) is 30.3 Å². The van der Waals surface area contributed by atoms with Crippen molar-refractivity contribution in [3.8, 4) is 39.8 Å². The zero-order valence-electron chi connectivity index (χ0n) is 24.1. The summed E-state index contributed by atoms with van der Waals surface area (Å²) in [6.07, 6.45) is 3.26. The third kappa shape index (κ3) is 5.99. The number of anilines is 1. The fraction of sp³-hybridized carbons (Fsp3) is 0.0909. The lowest BCUT2D eigenvalue weighted by Gasteiger charge is -2.11. The fourth-order valence-corrected chi connectivity index (χ4v) is 5.32. The van der Waals surface area contributed by atoms with Crippen LogP contribution in [0.2, 0.25) is 0 Å². The van der Waals surface area contributed by atoms with E-state index in [0.717, 1.165) is 10.9 Å². The van der Waals surface area contributed by atoms with Crippen LogP contribution in [0.15, 0.2) is 102 Å². The molecule has 0 aliphatic carbocycles. The van der Waals surface area contributed by atoms with E-state index >= 15 is 0 Å². The lowest BCUT2D eigenvalue weighted by Crippen LogP contribution is -2.12. The minimum atomic E-state index is -0.292. The molecule has 4 heterocycles. The number of imidazole rings is 1. The van der Waals surface area contributed by atoms with E-state index in [9.17, 15) is 4.79 Å². The van der Waals surface area contributed by atoms with E-state index in [1.165, 1.54) is 17.5 Å². The molecule has 0 spiro atoms. The summed E-state index contributed by atoms with van der Waals surface area (Å²) < 4.78 is 30.4. The molecule has 224 valence electrons. The number of nitrogens with zero attached hydrogens (tertiary/aromatic N) is 4. The van der Waals surface area contributed by atoms with Crippen molar-refractivity contribution < 1.29 is 28.2 Å². The number of para-hydroxylation sites is 1. The molecule has 1 amide bonds. The summed E-state index contributed by atoms with van der Waals surface area (Å²) in [6, 6.07) is 25.6. The smallest absolute Gasteiger partial charge is 0.294 e. The van der Waals surface area contributed by atoms with Gasteiger partial charge in [0, 0.05) is 30.1 Å². The number of benzene rings is 3. The molecule has 0 saturated heterocycles. The maximum absolute atomic E-state index is 12.9. The SMILES string of the molecule is COc1cc(OCc2cccc(NC(=O)c3ccc(Oc4ccccc4)nc3)c2)c2cc(-c3cn4nc(OC)sc4n3)oc2c1. The van der Waals surface area contributed by atoms with Crippen molar-refractivity contribution in [2.45, 2.75) is 6.61 Å². The molecule has 45 heavy (non-hydrogen) atoms. The number of fused-ring (bicyclic) bond motifs is 2. The van der Waals surface area contributed by atoms with E-state index in [2.05, 4.69) is 20.4 Å². The van der Waals surface area contributed by atoms with Crippen LogP contribution >= 0.6 is 11.3 Å². The van der Waals surface area contributed by atoms with Crippen LogP contribution in [0.5, 0.6) is 28.3 Å². The van der Waals surface area contributed by atoms with Crippen LogP contribution < -0.4 is 24.3 Å². The van der Waals surface area contributed by atoms with Crippen LogP contribution in [0.1, 0.15) is 15.9 Å². The third-order valence-electron chi connectivity index (χ3n) is 6.80. The Morgan fingerprint density at radius 1 is 0.956 bits per heavy atom. The van der Waals surface area contributed by atoms with E-state index in [0.29, 0.717) is 61.6 Å². The number of carbonyl (C=O) groups excluding carboxylic acids is 1. The highest BCUT2D eigenvalue weighted by Crippen LogP contribution is 2.37. The summed E-state index contributed by atoms with van der Waals surface area (Å²) in [5.41, 5.74) is 3.10. The normalized spacial score (nSPS) is 11.1. The molecule has 0 aliphatic heterocycles. The second-order valence-corrected chi connectivity index (χ2v) is 10.7. The molecule has 0 aliphatic rings. The number of methoxy groups -OCH3 is 2. The minimum absolute atomic E-state index is 0.240. The summed E-state index contributed by atoms with van der Waals surface area (Å²) >= 11 is 1.34. The van der Waals surface area contributed by atoms with Gasteiger partial charge in [0.1, 0.15) is 35.1 Å². The predicted octanol–water partition coefficient (Wildman–Crippen LogP) is 7.24. The molecule has 7 aromatic rings. The first kappa shape index (κ1) is 27.9. The van der Waals surface area contributed by atoms with Crippen LogP contribution in [0, 0.1) is 0 Å². The van der Waals surface area contributed by atoms with Gasteiger partial charge in [-0.05, 0) is 53.3 Å². The first-order valence-electron chi connectivity index (χ1n) is 13.8. The van der Waals surface area contributed by atoms with Gasteiger partial charge in [0.15, 0.2) is 5.76 Å². The highest BCUT2D eigenvalue weighted by molar-refractivity contribution is 7.18. The third-order valence-corrected chi connectivity index (χ3v) is 7.69. The second kappa shape index (κ2) is 12.0. The van der Waals surface area contributed by atoms with Gasteiger partial charge in [0.2, 0.25) is 10.8 Å². The number of rotatable bonds is 10. The lowest BCUT2D eigenvalue weighted by molar-refractivity contribution is 0.102. The summed E-state index contributed by atoms with van der Waals surface area (Å²) in [5.74, 6) is 2.51. The predicted molar refractivity (Wildman–Crippen MR) is 169 cm³/mol. The Labute approximate surface area is 260 Å². The van der Waals surface area contributed by atoms with Gasteiger partial charge in [-0.15, -0.1) is 5.10 Å². The molecule has 4 aromatic heterocycles. The molecule has 11 nitrogen and oxygen atoms in total. The van der Waals surface area contributed by atoms with E-state index < -0.39 is 0 Å². The molecule has 0 radical (unpaired) electrons. The van der Waals surface area contributed by atoms with Crippen molar-refractivity contribution in [1.29, 1.82) is 0 Å². The molecule has 0 unspecified atom stereocenters. The average molecular weight is 620 g/mol. The Morgan fingerprint density at radius 2 is 1.84 bits per heavy atom. The summed E-state index contributed by atoms with van der Waals surface area (Å²) in [7, 11) is 3.16. The highest BCUT2D eigenvalue weighted by atomic mass is 32.1. The topological polar surface area (TPSA) is 122 Å². The first-order valence-corrected chi connectivity index (χ1v) is 14.6. The van der Waals surface area contributed by atoms with Crippen molar-refractivity contribution in [2.24, 2.45) is 0 Å². The number of carbonyl (C=O) groups is 1. The van der Waals surface area contributed by atoms with Gasteiger partial charge in [0.05, 0.1) is 31.4 Å². The van der Waals surface area contributed by atoms with Crippen LogP contribution in [0.3, 0.4) is 0 Å². The Morgan fingerprint density at radius 3 is 2.62 bits per heavy atom. The van der Waals surface area contributed by atoms with Crippen molar-refractivity contribution in [1.82, 2.24) is 19.6 Å². The zero-order chi connectivity index (χ0) is 30.8. The molecule has 0 saturated carbocycles. The molecule has 7 rings (SSSR count). The number of hydrogen-bond acceptors (Lipinski definition) is 10. The number of aromatic nitrogens is 4. The van der Waals surface area contributed by atoms with Crippen LogP contribution in [-0.2, 0) is 6.61 Å². The molecule has 3 aromatic carbocycles. The van der Waals surface area contributed by atoms with Gasteiger partial charge >= 0.3 is 0 Å². The molecular formula is C33H25N5O6S. The monoisotopic (exact) mass is 619 g/mol. The largest absolute Gasteiger partial charge is 0.496 e. The standard InChI is InChI=1S/C33H25N5O6S/c1-40-24-14-27(25-16-29(44-28(25)15-24)26-18-38-32(36-26)45-33(37-38)41-2)42-19-20-7-6-8-22(13-20)35-31(39)21-11-12-30(34-17-21)43-23-9-4-3-5-10-23/h3-18H,19H2,1-2H3,(H,35,39). The number of hydrogen-bond donors (Lipinski definition) is 1. The van der Waals surface area contributed by atoms with E-state index in [-0.39, 0.29) is 12.5 Å². The van der Waals surface area contributed by atoms with Crippen molar-refractivity contribution >= 4 is 38.9 Å². The van der Waals surface area contributed by atoms with Gasteiger partial charge in [0.25, 0.3) is 11.1 Å². The maximum Gasteiger partial charge on any atom is 0.294 e. The van der Waals surface area contributed by atoms with E-state index in [1.807, 2.05) is 66.7 Å². The van der Waals surface area contributed by atoms with Gasteiger partial charge in [-0.25, -0.2) is 14.5 Å². The van der Waals surface area contributed by atoms with Crippen molar-refractivity contribution in [3.05, 3.63) is 108 Å². The summed E-state index contributed by atoms with van der Waals surface area (Å²) in [5, 5.41) is 8.54. The van der Waals surface area contributed by atoms with E-state index in [1.54, 1.807) is 43.1 Å². The lowest BCUT2D eigenvalue weighted by atomic mass is 10.2. The minimum Gasteiger partial charge on any atom is -0.496 e. The number of furan rings is 1. The van der Waals surface area contributed by atoms with E-state index in [4.69, 9.17) is 23.4 Å². The Balaban J connectivity index is 1.05. The maximum atomic E-state index is 12.9. The molecule has 0 atom stereocenters. The van der Waals surface area contributed by atoms with Gasteiger partial charge < -0.3 is 28.7 Å². The molecule has 0 fully saturated rings. The molecule has 1 N–H and O–H groups in total. The summed E-state index contributed by atoms with van der Waals surface area (Å²) in [4.78, 5) is 22.5. The Kier molecular flexibility index (Phi) is 7.46. The van der Waals surface area contributed by atoms with Gasteiger partial charge in [-0.3, -0.25) is 4.79 Å². The average Bonchev–Trinajstić information content (AvgIpc) is 3.78. The van der Waals surface area contributed by atoms with Crippen LogP contribution in [-0.4, -0.2) is 39.7 Å². The number of amides is 1. The van der Waals surface area contributed by atoms with Gasteiger partial charge in [-0.2, -0.15) is 0 Å². The molecule has 12 heteroatoms. The molecular weight excluding hydrogens is 594 g/mol. The van der Waals surface area contributed by atoms with Crippen LogP contribution in [0.25, 0.3) is 27.4 Å². The Bertz CT molecular complexity index is 2090. The fourth-order valence-electron chi connectivity index (χ4n) is 4.62. The summed E-state index contributed by atoms with van der Waals surface area (Å²) in [6.45, 7) is 0.240. The quantitative estimate of drug-likeness (QED) is 0.169. The first-order chi connectivity index (χ1) is 22.0. The van der Waals surface area contributed by atoms with Crippen LogP contribution in [0.4, 0.5) is 5.69 Å². The van der Waals surface area contributed by atoms with Crippen molar-refractivity contribution in [3.63, 3.8) is 0 Å². The van der Waals surface area contributed by atoms with Crippen molar-refractivity contribution in [2.75, 3.05) is 19.5 Å². The highest BCUT2D eigenvalue weighted by Gasteiger charge is 2.17. The second-order valence-electron chi connectivity index (χ2n) is 9.82. The number of ether oxygens (including phenoxy) is 4. The Hall–Kier alpha value is -5.88. The number of pyridine rings is 1. The molecule has 0 bridgehead atoms. The zero-order valence-corrected chi connectivity index (χ0v) is 24.9. The number of nitrogens with one attached hydrogen (secondary N) is 1.